The Morgan fingerprint density at radius 1 is 1.38 bits per heavy atom. The number of benzene rings is 1. The second-order valence-electron chi connectivity index (χ2n) is 3.67. The first-order valence-corrected chi connectivity index (χ1v) is 6.22. The quantitative estimate of drug-likeness (QED) is 0.809. The van der Waals surface area contributed by atoms with E-state index in [1.54, 1.807) is 0 Å². The van der Waals surface area contributed by atoms with Gasteiger partial charge in [0.15, 0.2) is 5.11 Å². The van der Waals surface area contributed by atoms with E-state index in [1.165, 1.54) is 5.56 Å². The molecule has 2 nitrogen and oxygen atoms in total. The van der Waals surface area contributed by atoms with Crippen LogP contribution in [-0.2, 0) is 0 Å². The van der Waals surface area contributed by atoms with E-state index in [9.17, 15) is 0 Å². The van der Waals surface area contributed by atoms with Gasteiger partial charge in [-0.05, 0) is 43.3 Å². The number of halogens is 1. The number of thiocarbonyl (C=S) groups is 1. The van der Waals surface area contributed by atoms with E-state index in [4.69, 9.17) is 23.8 Å². The lowest BCUT2D eigenvalue weighted by atomic mass is 10.1. The van der Waals surface area contributed by atoms with Crippen molar-refractivity contribution in [2.75, 3.05) is 6.54 Å². The molecule has 1 aromatic carbocycles. The Balaban J connectivity index is 2.48. The highest BCUT2D eigenvalue weighted by molar-refractivity contribution is 7.80. The van der Waals surface area contributed by atoms with Gasteiger partial charge in [-0.25, -0.2) is 0 Å². The summed E-state index contributed by atoms with van der Waals surface area (Å²) < 4.78 is 0. The molecule has 0 aromatic heterocycles. The van der Waals surface area contributed by atoms with Crippen LogP contribution in [0.15, 0.2) is 24.3 Å². The Morgan fingerprint density at radius 2 is 2.00 bits per heavy atom. The molecule has 0 unspecified atom stereocenters. The summed E-state index contributed by atoms with van der Waals surface area (Å²) in [7, 11) is 0. The maximum atomic E-state index is 5.83. The molecular formula is C12H17ClN2S. The first-order chi connectivity index (χ1) is 7.63. The van der Waals surface area contributed by atoms with Crippen molar-refractivity contribution in [3.8, 4) is 0 Å². The van der Waals surface area contributed by atoms with Gasteiger partial charge in [-0.1, -0.05) is 30.7 Å². The van der Waals surface area contributed by atoms with E-state index in [0.717, 1.165) is 18.0 Å². The molecule has 0 bridgehead atoms. The predicted molar refractivity (Wildman–Crippen MR) is 73.9 cm³/mol. The summed E-state index contributed by atoms with van der Waals surface area (Å²) in [5.41, 5.74) is 1.17. The lowest BCUT2D eigenvalue weighted by Crippen LogP contribution is -2.37. The number of hydrogen-bond donors (Lipinski definition) is 2. The van der Waals surface area contributed by atoms with Gasteiger partial charge in [-0.3, -0.25) is 0 Å². The molecule has 0 spiro atoms. The zero-order valence-corrected chi connectivity index (χ0v) is 11.2. The average molecular weight is 257 g/mol. The molecule has 0 aliphatic carbocycles. The van der Waals surface area contributed by atoms with Crippen molar-refractivity contribution in [3.05, 3.63) is 34.9 Å². The van der Waals surface area contributed by atoms with Crippen molar-refractivity contribution in [1.29, 1.82) is 0 Å². The van der Waals surface area contributed by atoms with Crippen LogP contribution in [0.25, 0.3) is 0 Å². The van der Waals surface area contributed by atoms with Gasteiger partial charge >= 0.3 is 0 Å². The van der Waals surface area contributed by atoms with Crippen LogP contribution in [0, 0.1) is 0 Å². The van der Waals surface area contributed by atoms with E-state index in [0.29, 0.717) is 5.11 Å². The molecule has 0 aliphatic rings. The Morgan fingerprint density at radius 3 is 2.56 bits per heavy atom. The fourth-order valence-electron chi connectivity index (χ4n) is 1.32. The molecule has 0 aliphatic heterocycles. The molecule has 4 heteroatoms. The Labute approximate surface area is 107 Å². The third kappa shape index (κ3) is 4.37. The zero-order chi connectivity index (χ0) is 12.0. The highest BCUT2D eigenvalue weighted by Crippen LogP contribution is 2.15. The molecule has 2 N–H and O–H groups in total. The van der Waals surface area contributed by atoms with Crippen molar-refractivity contribution < 1.29 is 0 Å². The maximum absolute atomic E-state index is 5.83. The highest BCUT2D eigenvalue weighted by atomic mass is 35.5. The van der Waals surface area contributed by atoms with Crippen LogP contribution in [-0.4, -0.2) is 11.7 Å². The fourth-order valence-corrected chi connectivity index (χ4v) is 1.73. The van der Waals surface area contributed by atoms with Crippen LogP contribution >= 0.6 is 23.8 Å². The number of nitrogens with one attached hydrogen (secondary N) is 2. The minimum atomic E-state index is 0.189. The van der Waals surface area contributed by atoms with Crippen molar-refractivity contribution in [1.82, 2.24) is 10.6 Å². The molecule has 16 heavy (non-hydrogen) atoms. The van der Waals surface area contributed by atoms with E-state index >= 15 is 0 Å². The second kappa shape index (κ2) is 6.71. The van der Waals surface area contributed by atoms with Gasteiger partial charge < -0.3 is 10.6 Å². The molecule has 0 saturated heterocycles. The molecule has 88 valence electrons. The van der Waals surface area contributed by atoms with Crippen LogP contribution in [0.1, 0.15) is 31.9 Å². The molecule has 1 atom stereocenters. The molecule has 0 amide bonds. The summed E-state index contributed by atoms with van der Waals surface area (Å²) in [5.74, 6) is 0. The molecular weight excluding hydrogens is 240 g/mol. The third-order valence-corrected chi connectivity index (χ3v) is 2.77. The monoisotopic (exact) mass is 256 g/mol. The van der Waals surface area contributed by atoms with Gasteiger partial charge in [0.2, 0.25) is 0 Å². The van der Waals surface area contributed by atoms with Crippen molar-refractivity contribution in [3.63, 3.8) is 0 Å². The molecule has 0 fully saturated rings. The van der Waals surface area contributed by atoms with E-state index in [2.05, 4.69) is 24.5 Å². The fraction of sp³-hybridized carbons (Fsp3) is 0.417. The number of rotatable bonds is 4. The SMILES string of the molecule is CCCNC(=S)N[C@H](C)c1ccc(Cl)cc1. The summed E-state index contributed by atoms with van der Waals surface area (Å²) in [5, 5.41) is 7.82. The van der Waals surface area contributed by atoms with Crippen LogP contribution in [0.3, 0.4) is 0 Å². The lowest BCUT2D eigenvalue weighted by Gasteiger charge is -2.17. The highest BCUT2D eigenvalue weighted by Gasteiger charge is 2.05. The summed E-state index contributed by atoms with van der Waals surface area (Å²) in [6.07, 6.45) is 1.07. The van der Waals surface area contributed by atoms with Gasteiger partial charge in [-0.15, -0.1) is 0 Å². The third-order valence-electron chi connectivity index (χ3n) is 2.25. The minimum absolute atomic E-state index is 0.189. The van der Waals surface area contributed by atoms with Gasteiger partial charge in [0.05, 0.1) is 6.04 Å². The number of hydrogen-bond acceptors (Lipinski definition) is 1. The van der Waals surface area contributed by atoms with E-state index in [-0.39, 0.29) is 6.04 Å². The lowest BCUT2D eigenvalue weighted by molar-refractivity contribution is 0.694. The van der Waals surface area contributed by atoms with Crippen molar-refractivity contribution >= 4 is 28.9 Å². The van der Waals surface area contributed by atoms with Gasteiger partial charge in [0, 0.05) is 11.6 Å². The largest absolute Gasteiger partial charge is 0.363 e. The Kier molecular flexibility index (Phi) is 5.56. The molecule has 0 saturated carbocycles. The molecule has 1 aromatic rings. The van der Waals surface area contributed by atoms with Crippen LogP contribution < -0.4 is 10.6 Å². The van der Waals surface area contributed by atoms with E-state index in [1.807, 2.05) is 24.3 Å². The summed E-state index contributed by atoms with van der Waals surface area (Å²) in [6, 6.07) is 7.97. The molecule has 1 rings (SSSR count). The van der Waals surface area contributed by atoms with Crippen LogP contribution in [0.4, 0.5) is 0 Å². The summed E-state index contributed by atoms with van der Waals surface area (Å²) in [4.78, 5) is 0. The van der Waals surface area contributed by atoms with Gasteiger partial charge in [0.25, 0.3) is 0 Å². The normalized spacial score (nSPS) is 11.9. The smallest absolute Gasteiger partial charge is 0.166 e. The predicted octanol–water partition coefficient (Wildman–Crippen LogP) is 3.28. The Hall–Kier alpha value is -0.800. The molecule has 0 heterocycles. The van der Waals surface area contributed by atoms with Crippen LogP contribution in [0.5, 0.6) is 0 Å². The Bertz CT molecular complexity index is 337. The standard InChI is InChI=1S/C12H17ClN2S/c1-3-8-14-12(16)15-9(2)10-4-6-11(13)7-5-10/h4-7,9H,3,8H2,1-2H3,(H2,14,15,16)/t9-/m1/s1. The average Bonchev–Trinajstić information content (AvgIpc) is 2.27. The van der Waals surface area contributed by atoms with Crippen molar-refractivity contribution in [2.45, 2.75) is 26.3 Å². The zero-order valence-electron chi connectivity index (χ0n) is 9.59. The van der Waals surface area contributed by atoms with Gasteiger partial charge in [0.1, 0.15) is 0 Å². The first kappa shape index (κ1) is 13.3. The van der Waals surface area contributed by atoms with Crippen molar-refractivity contribution in [2.24, 2.45) is 0 Å². The minimum Gasteiger partial charge on any atom is -0.363 e. The summed E-state index contributed by atoms with van der Waals surface area (Å²) >= 11 is 11.0. The first-order valence-electron chi connectivity index (χ1n) is 5.43. The second-order valence-corrected chi connectivity index (χ2v) is 4.52. The van der Waals surface area contributed by atoms with Crippen LogP contribution in [0.2, 0.25) is 5.02 Å². The maximum Gasteiger partial charge on any atom is 0.166 e. The molecule has 0 radical (unpaired) electrons. The van der Waals surface area contributed by atoms with E-state index < -0.39 is 0 Å². The summed E-state index contributed by atoms with van der Waals surface area (Å²) in [6.45, 7) is 5.08. The van der Waals surface area contributed by atoms with Gasteiger partial charge in [-0.2, -0.15) is 0 Å². The topological polar surface area (TPSA) is 24.1 Å².